The number of nitrogens with one attached hydrogen (secondary N) is 1. The Hall–Kier alpha value is -2.09. The number of H-pyrrole nitrogens is 1. The van der Waals surface area contributed by atoms with Gasteiger partial charge in [0.2, 0.25) is 11.1 Å². The maximum absolute atomic E-state index is 5.92. The first-order chi connectivity index (χ1) is 7.24. The van der Waals surface area contributed by atoms with Crippen molar-refractivity contribution in [1.29, 1.82) is 0 Å². The molecule has 15 heavy (non-hydrogen) atoms. The van der Waals surface area contributed by atoms with Gasteiger partial charge in [-0.3, -0.25) is 5.10 Å². The van der Waals surface area contributed by atoms with E-state index in [4.69, 9.17) is 11.6 Å². The van der Waals surface area contributed by atoms with Crippen molar-refractivity contribution in [3.05, 3.63) is 24.5 Å². The first-order valence-corrected chi connectivity index (χ1v) is 4.36. The number of aromatic nitrogens is 8. The fourth-order valence-corrected chi connectivity index (χ4v) is 1.45. The number of fused-ring (bicyclic) bond motifs is 2. The van der Waals surface area contributed by atoms with Gasteiger partial charge in [-0.15, -0.1) is 5.10 Å². The lowest BCUT2D eigenvalue weighted by Crippen LogP contribution is -2.49. The molecule has 3 heterocycles. The Morgan fingerprint density at radius 3 is 3.27 bits per heavy atom. The highest BCUT2D eigenvalue weighted by atomic mass is 35.5. The van der Waals surface area contributed by atoms with Crippen LogP contribution in [0.25, 0.3) is 11.6 Å². The topological polar surface area (TPSA) is 84.0 Å². The lowest BCUT2D eigenvalue weighted by molar-refractivity contribution is -0.735. The lowest BCUT2D eigenvalue weighted by Gasteiger charge is -2.11. The zero-order valence-corrected chi connectivity index (χ0v) is 8.13. The van der Waals surface area contributed by atoms with Gasteiger partial charge in [0, 0.05) is 15.8 Å². The van der Waals surface area contributed by atoms with Crippen LogP contribution >= 0.6 is 11.6 Å². The molecule has 76 valence electrons. The fourth-order valence-electron chi connectivity index (χ4n) is 1.23. The Balaban J connectivity index is 2.54. The zero-order valence-electron chi connectivity index (χ0n) is 7.37. The summed E-state index contributed by atoms with van der Waals surface area (Å²) in [6, 6.07) is 0. The Bertz CT molecular complexity index is 668. The molecule has 9 heteroatoms. The Morgan fingerprint density at radius 2 is 2.40 bits per heavy atom. The minimum atomic E-state index is 0.278. The largest absolute Gasteiger partial charge is 0.346 e. The van der Waals surface area contributed by atoms with E-state index in [1.54, 1.807) is 6.20 Å². The molecular formula is C6H5ClN8. The molecule has 0 atom stereocenters. The van der Waals surface area contributed by atoms with Crippen molar-refractivity contribution in [3.8, 4) is 5.82 Å². The summed E-state index contributed by atoms with van der Waals surface area (Å²) >= 11 is 5.92. The van der Waals surface area contributed by atoms with E-state index in [0.29, 0.717) is 11.6 Å². The maximum atomic E-state index is 5.92. The highest BCUT2D eigenvalue weighted by Gasteiger charge is 2.08. The first-order valence-electron chi connectivity index (χ1n) is 3.98. The first kappa shape index (κ1) is 8.24. The highest BCUT2D eigenvalue weighted by Crippen LogP contribution is 1.97. The normalized spacial score (nSPS) is 11.3. The van der Waals surface area contributed by atoms with Crippen molar-refractivity contribution in [2.24, 2.45) is 0 Å². The quantitative estimate of drug-likeness (QED) is 0.453. The van der Waals surface area contributed by atoms with Gasteiger partial charge in [-0.2, -0.15) is 0 Å². The average Bonchev–Trinajstić information content (AvgIpc) is 2.61. The van der Waals surface area contributed by atoms with Crippen LogP contribution in [0.4, 0.5) is 0 Å². The van der Waals surface area contributed by atoms with E-state index in [-0.39, 0.29) is 5.28 Å². The van der Waals surface area contributed by atoms with Gasteiger partial charge in [-0.1, -0.05) is 0 Å². The van der Waals surface area contributed by atoms with Crippen molar-refractivity contribution in [3.63, 3.8) is 0 Å². The molecule has 0 amide bonds. The van der Waals surface area contributed by atoms with Crippen LogP contribution in [0, 0.1) is 6.72 Å². The van der Waals surface area contributed by atoms with Crippen LogP contribution in [0.5, 0.6) is 0 Å². The number of aromatic amines is 1. The van der Waals surface area contributed by atoms with Crippen LogP contribution in [-0.2, 0) is 0 Å². The molecule has 0 saturated heterocycles. The van der Waals surface area contributed by atoms with Crippen LogP contribution in [0.15, 0.2) is 12.5 Å². The highest BCUT2D eigenvalue weighted by molar-refractivity contribution is 6.27. The van der Waals surface area contributed by atoms with Crippen LogP contribution < -0.4 is 19.4 Å². The van der Waals surface area contributed by atoms with Crippen LogP contribution in [0.2, 0.25) is 5.28 Å². The van der Waals surface area contributed by atoms with Crippen molar-refractivity contribution in [2.75, 3.05) is 0 Å². The van der Waals surface area contributed by atoms with Crippen LogP contribution in [0.1, 0.15) is 0 Å². The van der Waals surface area contributed by atoms with E-state index >= 15 is 0 Å². The number of hydrogen-bond acceptors (Lipinski definition) is 2. The minimum absolute atomic E-state index is 0.278. The molecule has 0 bridgehead atoms. The van der Waals surface area contributed by atoms with E-state index in [0.717, 1.165) is 0 Å². The third kappa shape index (κ3) is 1.15. The van der Waals surface area contributed by atoms with Gasteiger partial charge in [0.15, 0.2) is 6.72 Å². The van der Waals surface area contributed by atoms with Crippen molar-refractivity contribution < 1.29 is 9.15 Å². The second kappa shape index (κ2) is 2.70. The van der Waals surface area contributed by atoms with E-state index in [2.05, 4.69) is 32.1 Å². The maximum Gasteiger partial charge on any atom is 0.247 e. The predicted octanol–water partition coefficient (Wildman–Crippen LogP) is -1.89. The summed E-state index contributed by atoms with van der Waals surface area (Å²) in [5, 5.41) is 15.0. The minimum Gasteiger partial charge on any atom is -0.346 e. The summed E-state index contributed by atoms with van der Waals surface area (Å²) in [5.41, 5.74) is 0. The molecule has 0 unspecified atom stereocenters. The molecule has 2 aliphatic rings. The summed E-state index contributed by atoms with van der Waals surface area (Å²) in [6.07, 6.45) is 3.05. The number of rotatable bonds is 0. The Kier molecular flexibility index (Phi) is 1.48. The van der Waals surface area contributed by atoms with Crippen LogP contribution in [-0.4, -0.2) is 19.7 Å². The standard InChI is InChI=1S/C6H5ClN8/c1-13-10-4-2-14-6(8-3-9-14)12-15(4)5(7)11-13/h2-3H,1H2,(H,10,11). The van der Waals surface area contributed by atoms with Gasteiger partial charge in [0.25, 0.3) is 0 Å². The van der Waals surface area contributed by atoms with E-state index in [1.807, 2.05) is 0 Å². The van der Waals surface area contributed by atoms with Gasteiger partial charge < -0.3 is 9.50 Å². The van der Waals surface area contributed by atoms with Gasteiger partial charge >= 0.3 is 0 Å². The number of nitrogens with zero attached hydrogens (tertiary/aromatic N) is 7. The summed E-state index contributed by atoms with van der Waals surface area (Å²) in [5.74, 6) is 0.943. The van der Waals surface area contributed by atoms with Crippen molar-refractivity contribution in [2.45, 2.75) is 0 Å². The summed E-state index contributed by atoms with van der Waals surface area (Å²) in [7, 11) is 0. The van der Waals surface area contributed by atoms with E-state index in [9.17, 15) is 0 Å². The molecule has 0 aromatic carbocycles. The molecule has 1 aromatic rings. The average molecular weight is 225 g/mol. The van der Waals surface area contributed by atoms with Crippen molar-refractivity contribution >= 4 is 17.4 Å². The fraction of sp³-hybridized carbons (Fsp3) is 0. The molecule has 8 nitrogen and oxygen atoms in total. The smallest absolute Gasteiger partial charge is 0.247 e. The second-order valence-corrected chi connectivity index (χ2v) is 3.16. The molecular weight excluding hydrogens is 220 g/mol. The molecule has 0 aliphatic carbocycles. The Labute approximate surface area is 87.4 Å². The number of halogens is 1. The molecule has 0 radical (unpaired) electrons. The summed E-state index contributed by atoms with van der Waals surface area (Å²) in [6.45, 7) is 3.58. The predicted molar refractivity (Wildman–Crippen MR) is 45.9 cm³/mol. The van der Waals surface area contributed by atoms with E-state index < -0.39 is 0 Å². The molecule has 0 spiro atoms. The second-order valence-electron chi connectivity index (χ2n) is 2.81. The zero-order chi connectivity index (χ0) is 10.4. The molecule has 2 aliphatic heterocycles. The lowest BCUT2D eigenvalue weighted by atomic mass is 10.7. The molecule has 3 rings (SSSR count). The SMILES string of the molecule is C=[n+]1[n-]c2cn3ncnc3[n-][n+]-2c(Cl)[nH]1. The van der Waals surface area contributed by atoms with Crippen molar-refractivity contribution in [1.82, 2.24) is 29.9 Å². The third-order valence-corrected chi connectivity index (χ3v) is 2.07. The third-order valence-electron chi connectivity index (χ3n) is 1.83. The molecule has 0 fully saturated rings. The van der Waals surface area contributed by atoms with Gasteiger partial charge in [0.05, 0.1) is 12.1 Å². The van der Waals surface area contributed by atoms with Gasteiger partial charge in [-0.05, 0) is 11.6 Å². The van der Waals surface area contributed by atoms with E-state index in [1.165, 1.54) is 20.0 Å². The van der Waals surface area contributed by atoms with Crippen LogP contribution in [0.3, 0.4) is 0 Å². The molecule has 0 saturated carbocycles. The summed E-state index contributed by atoms with van der Waals surface area (Å²) < 4.78 is 4.15. The number of hydrogen-bond donors (Lipinski definition) is 1. The monoisotopic (exact) mass is 224 g/mol. The van der Waals surface area contributed by atoms with Gasteiger partial charge in [-0.25, -0.2) is 9.78 Å². The molecule has 1 N–H and O–H groups in total. The Morgan fingerprint density at radius 1 is 1.53 bits per heavy atom. The summed E-state index contributed by atoms with van der Waals surface area (Å²) in [4.78, 5) is 3.93. The van der Waals surface area contributed by atoms with Gasteiger partial charge in [0.1, 0.15) is 0 Å². The molecule has 1 aromatic heterocycles.